The number of carbonyl (C=O) groups is 4. The van der Waals surface area contributed by atoms with E-state index in [-0.39, 0.29) is 37.4 Å². The molecule has 0 aromatic heterocycles. The van der Waals surface area contributed by atoms with Crippen molar-refractivity contribution < 1.29 is 47.6 Å². The number of nitrogens with zero attached hydrogens (tertiary/aromatic N) is 4. The number of carbonyl (C=O) groups excluding carboxylic acids is 4. The van der Waals surface area contributed by atoms with Crippen LogP contribution in [0.4, 0.5) is 9.59 Å². The molecule has 0 radical (unpaired) electrons. The van der Waals surface area contributed by atoms with E-state index in [9.17, 15) is 19.2 Å². The van der Waals surface area contributed by atoms with Crippen LogP contribution >= 0.6 is 0 Å². The molecule has 3 saturated heterocycles. The predicted octanol–water partition coefficient (Wildman–Crippen LogP) is 3.95. The maximum absolute atomic E-state index is 13.5. The Morgan fingerprint density at radius 2 is 0.917 bits per heavy atom. The van der Waals surface area contributed by atoms with Crippen molar-refractivity contribution in [1.82, 2.24) is 30.2 Å². The van der Waals surface area contributed by atoms with Gasteiger partial charge < -0.3 is 48.9 Å². The molecule has 0 aliphatic carbocycles. The van der Waals surface area contributed by atoms with Gasteiger partial charge in [0.15, 0.2) is 0 Å². The van der Waals surface area contributed by atoms with Crippen LogP contribution in [0, 0.1) is 10.8 Å². The number of ether oxygens (including phenoxy) is 6. The molecule has 0 saturated carbocycles. The molecule has 2 atom stereocenters. The van der Waals surface area contributed by atoms with E-state index in [0.29, 0.717) is 79.0 Å². The number of rotatable bonds is 24. The van der Waals surface area contributed by atoms with Gasteiger partial charge in [0, 0.05) is 65.6 Å². The number of hydrogen-bond acceptors (Lipinski definition) is 12. The second-order valence-corrected chi connectivity index (χ2v) is 16.4. The molecular weight excluding hydrogens is 773 g/mol. The number of piperazine rings is 1. The molecule has 2 aromatic rings. The molecule has 0 spiro atoms. The molecule has 60 heavy (non-hydrogen) atoms. The van der Waals surface area contributed by atoms with Crippen molar-refractivity contribution in [2.45, 2.75) is 80.1 Å². The Morgan fingerprint density at radius 3 is 1.30 bits per heavy atom. The molecule has 4 amide bonds. The van der Waals surface area contributed by atoms with E-state index in [1.54, 1.807) is 0 Å². The predicted molar refractivity (Wildman–Crippen MR) is 223 cm³/mol. The van der Waals surface area contributed by atoms with Crippen LogP contribution in [0.25, 0.3) is 0 Å². The summed E-state index contributed by atoms with van der Waals surface area (Å²) in [7, 11) is 0. The lowest BCUT2D eigenvalue weighted by atomic mass is 9.76. The summed E-state index contributed by atoms with van der Waals surface area (Å²) in [4.78, 5) is 60.2. The minimum atomic E-state index is -0.537. The first kappa shape index (κ1) is 46.7. The molecule has 16 heteroatoms. The highest BCUT2D eigenvalue weighted by atomic mass is 16.6. The average Bonchev–Trinajstić information content (AvgIpc) is 3.24. The zero-order valence-electron chi connectivity index (χ0n) is 36.4. The van der Waals surface area contributed by atoms with Gasteiger partial charge in [-0.15, -0.1) is 0 Å². The number of alkyl carbamates (subject to hydrolysis) is 2. The summed E-state index contributed by atoms with van der Waals surface area (Å²) in [5.41, 5.74) is 2.71. The van der Waals surface area contributed by atoms with Gasteiger partial charge in [0.1, 0.15) is 13.2 Å². The largest absolute Gasteiger partial charge is 0.447 e. The number of likely N-dealkylation sites (tertiary alicyclic amines) is 2. The smallest absolute Gasteiger partial charge is 0.407 e. The summed E-state index contributed by atoms with van der Waals surface area (Å²) >= 11 is 0. The third kappa shape index (κ3) is 12.4. The van der Waals surface area contributed by atoms with Crippen molar-refractivity contribution in [3.8, 4) is 0 Å². The summed E-state index contributed by atoms with van der Waals surface area (Å²) in [6.45, 7) is 20.5. The number of β-lactam (4-membered cyclic amide) rings is 2. The summed E-state index contributed by atoms with van der Waals surface area (Å²) in [5.74, 6) is 0.214. The lowest BCUT2D eigenvalue weighted by Crippen LogP contribution is -2.76. The van der Waals surface area contributed by atoms with E-state index >= 15 is 0 Å². The standard InChI is InChI=1S/C44H66N6O10/c1-7-55-19-21-57-23-25-59-41(53)45-29-33-11-9-13-35(27-33)31-49-37(43(3,4)39(49)51)47-15-17-48(18-16-47)38-44(5,6)40(52)50(38)32-36-14-10-12-34(28-36)30-46-42(54)60-26-24-58-22-20-56-8-2/h9-14,27-28,37-38H,7-8,15-26,29-32H2,1-6H3,(H,45,53)(H,46,54). The van der Waals surface area contributed by atoms with Crippen LogP contribution in [0.3, 0.4) is 0 Å². The molecule has 5 rings (SSSR count). The van der Waals surface area contributed by atoms with Gasteiger partial charge in [-0.3, -0.25) is 19.4 Å². The van der Waals surface area contributed by atoms with Gasteiger partial charge in [-0.25, -0.2) is 9.59 Å². The highest BCUT2D eigenvalue weighted by Crippen LogP contribution is 2.44. The normalized spacial score (nSPS) is 20.0. The molecule has 2 unspecified atom stereocenters. The molecule has 332 valence electrons. The van der Waals surface area contributed by atoms with E-state index in [1.165, 1.54) is 0 Å². The van der Waals surface area contributed by atoms with Gasteiger partial charge in [-0.2, -0.15) is 0 Å². The lowest BCUT2D eigenvalue weighted by Gasteiger charge is -2.61. The van der Waals surface area contributed by atoms with Gasteiger partial charge >= 0.3 is 12.2 Å². The second-order valence-electron chi connectivity index (χ2n) is 16.4. The van der Waals surface area contributed by atoms with Crippen LogP contribution in [-0.2, 0) is 64.2 Å². The average molecular weight is 839 g/mol. The zero-order valence-corrected chi connectivity index (χ0v) is 36.4. The highest BCUT2D eigenvalue weighted by Gasteiger charge is 2.59. The van der Waals surface area contributed by atoms with Crippen LogP contribution < -0.4 is 10.6 Å². The van der Waals surface area contributed by atoms with E-state index in [4.69, 9.17) is 28.4 Å². The van der Waals surface area contributed by atoms with Gasteiger partial charge in [-0.1, -0.05) is 48.5 Å². The fourth-order valence-electron chi connectivity index (χ4n) is 8.32. The zero-order chi connectivity index (χ0) is 43.1. The van der Waals surface area contributed by atoms with Gasteiger partial charge in [0.05, 0.1) is 62.8 Å². The Balaban J connectivity index is 1.09. The fraction of sp³-hybridized carbons (Fsp3) is 0.636. The van der Waals surface area contributed by atoms with Crippen molar-refractivity contribution >= 4 is 24.0 Å². The van der Waals surface area contributed by atoms with E-state index in [1.807, 2.05) is 99.9 Å². The van der Waals surface area contributed by atoms with Crippen LogP contribution in [0.5, 0.6) is 0 Å². The van der Waals surface area contributed by atoms with Crippen LogP contribution in [0.1, 0.15) is 63.8 Å². The lowest BCUT2D eigenvalue weighted by molar-refractivity contribution is -0.203. The number of nitrogens with one attached hydrogen (secondary N) is 2. The number of amides is 4. The molecule has 3 aliphatic rings. The molecule has 0 bridgehead atoms. The fourth-order valence-corrected chi connectivity index (χ4v) is 8.32. The monoisotopic (exact) mass is 838 g/mol. The molecule has 3 heterocycles. The SMILES string of the molecule is CCOCCOCCOC(=O)NCc1cccc(CN2C(=O)C(C)(C)C2N2CCN(C3N(Cc4cccc(CNC(=O)OCCOCCOCC)c4)C(=O)C3(C)C)CC2)c1. The van der Waals surface area contributed by atoms with Gasteiger partial charge in [0.25, 0.3) is 0 Å². The molecule has 2 aromatic carbocycles. The first-order valence-corrected chi connectivity index (χ1v) is 21.2. The van der Waals surface area contributed by atoms with Crippen LogP contribution in [0.2, 0.25) is 0 Å². The summed E-state index contributed by atoms with van der Waals surface area (Å²) < 4.78 is 31.6. The van der Waals surface area contributed by atoms with Gasteiger partial charge in [0.2, 0.25) is 11.8 Å². The third-order valence-corrected chi connectivity index (χ3v) is 11.2. The van der Waals surface area contributed by atoms with Crippen LogP contribution in [-0.4, -0.2) is 148 Å². The molecule has 2 N–H and O–H groups in total. The topological polar surface area (TPSA) is 161 Å². The van der Waals surface area contributed by atoms with Crippen molar-refractivity contribution in [2.24, 2.45) is 10.8 Å². The quantitative estimate of drug-likeness (QED) is 0.116. The first-order valence-electron chi connectivity index (χ1n) is 21.2. The van der Waals surface area contributed by atoms with Gasteiger partial charge in [-0.05, 0) is 63.8 Å². The molecular formula is C44H66N6O10. The molecule has 3 aliphatic heterocycles. The van der Waals surface area contributed by atoms with E-state index in [2.05, 4.69) is 20.4 Å². The van der Waals surface area contributed by atoms with Crippen molar-refractivity contribution in [3.63, 3.8) is 0 Å². The van der Waals surface area contributed by atoms with E-state index < -0.39 is 23.0 Å². The second kappa shape index (κ2) is 22.5. The van der Waals surface area contributed by atoms with E-state index in [0.717, 1.165) is 48.4 Å². The third-order valence-electron chi connectivity index (χ3n) is 11.2. The first-order chi connectivity index (χ1) is 28.9. The Labute approximate surface area is 355 Å². The Kier molecular flexibility index (Phi) is 17.5. The minimum absolute atomic E-state index is 0.0700. The van der Waals surface area contributed by atoms with Crippen molar-refractivity contribution in [2.75, 3.05) is 92.2 Å². The summed E-state index contributed by atoms with van der Waals surface area (Å²) in [6.07, 6.45) is -1.18. The Morgan fingerprint density at radius 1 is 0.567 bits per heavy atom. The highest BCUT2D eigenvalue weighted by molar-refractivity contribution is 5.90. The number of hydrogen-bond donors (Lipinski definition) is 2. The summed E-state index contributed by atoms with van der Waals surface area (Å²) in [5, 5.41) is 5.58. The van der Waals surface area contributed by atoms with Crippen molar-refractivity contribution in [1.29, 1.82) is 0 Å². The number of benzene rings is 2. The molecule has 16 nitrogen and oxygen atoms in total. The van der Waals surface area contributed by atoms with Crippen molar-refractivity contribution in [3.05, 3.63) is 70.8 Å². The Hall–Kier alpha value is -4.32. The molecule has 3 fully saturated rings. The maximum Gasteiger partial charge on any atom is 0.407 e. The summed E-state index contributed by atoms with van der Waals surface area (Å²) in [6, 6.07) is 15.8. The van der Waals surface area contributed by atoms with Crippen LogP contribution in [0.15, 0.2) is 48.5 Å². The minimum Gasteiger partial charge on any atom is -0.447 e. The maximum atomic E-state index is 13.5. The Bertz CT molecular complexity index is 1590.